The number of nitrogens with zero attached hydrogens (tertiary/aromatic N) is 3. The fourth-order valence-electron chi connectivity index (χ4n) is 3.54. The van der Waals surface area contributed by atoms with Gasteiger partial charge in [-0.3, -0.25) is 4.79 Å². The molecule has 4 rings (SSSR count). The molecule has 0 radical (unpaired) electrons. The average molecular weight is 349 g/mol. The van der Waals surface area contributed by atoms with Crippen LogP contribution in [0.5, 0.6) is 0 Å². The third-order valence-electron chi connectivity index (χ3n) is 4.59. The van der Waals surface area contributed by atoms with Gasteiger partial charge in [-0.15, -0.1) is 0 Å². The average Bonchev–Trinajstić information content (AvgIpc) is 2.93. The maximum absolute atomic E-state index is 12.3. The first-order valence-electron chi connectivity index (χ1n) is 9.41. The molecule has 0 unspecified atom stereocenters. The van der Waals surface area contributed by atoms with Crippen molar-refractivity contribution >= 4 is 16.7 Å². The lowest BCUT2D eigenvalue weighted by molar-refractivity contribution is 0.0983. The molecule has 1 aliphatic carbocycles. The highest BCUT2D eigenvalue weighted by Gasteiger charge is 2.22. The van der Waals surface area contributed by atoms with Gasteiger partial charge in [-0.1, -0.05) is 38.1 Å². The van der Waals surface area contributed by atoms with Crippen molar-refractivity contribution in [1.29, 1.82) is 0 Å². The number of hydrogen-bond donors (Lipinski definition) is 0. The highest BCUT2D eigenvalue weighted by atomic mass is 16.1. The van der Waals surface area contributed by atoms with Gasteiger partial charge in [-0.05, 0) is 50.7 Å². The topological polar surface area (TPSA) is 38.1 Å². The normalized spacial score (nSPS) is 13.5. The highest BCUT2D eigenvalue weighted by molar-refractivity contribution is 6.09. The molecule has 0 saturated carbocycles. The second kappa shape index (κ2) is 7.83. The van der Waals surface area contributed by atoms with E-state index in [2.05, 4.69) is 43.3 Å². The smallest absolute Gasteiger partial charge is 0.163 e. The monoisotopic (exact) mass is 349 g/mol. The van der Waals surface area contributed by atoms with Crippen molar-refractivity contribution in [3.8, 4) is 5.69 Å². The van der Waals surface area contributed by atoms with E-state index in [1.807, 2.05) is 36.7 Å². The minimum atomic E-state index is 0.236. The first kappa shape index (κ1) is 18.3. The van der Waals surface area contributed by atoms with Crippen molar-refractivity contribution in [2.24, 2.45) is 0 Å². The van der Waals surface area contributed by atoms with Crippen molar-refractivity contribution in [2.75, 3.05) is 14.1 Å². The van der Waals surface area contributed by atoms with E-state index in [0.29, 0.717) is 6.42 Å². The number of aromatic nitrogens is 2. The summed E-state index contributed by atoms with van der Waals surface area (Å²) in [6, 6.07) is 14.4. The van der Waals surface area contributed by atoms with Crippen LogP contribution in [-0.4, -0.2) is 34.6 Å². The van der Waals surface area contributed by atoms with Crippen molar-refractivity contribution in [3.05, 3.63) is 59.3 Å². The maximum Gasteiger partial charge on any atom is 0.163 e. The molecule has 3 aromatic rings. The van der Waals surface area contributed by atoms with E-state index in [1.165, 1.54) is 5.56 Å². The molecule has 2 aromatic carbocycles. The molecule has 1 aliphatic rings. The van der Waals surface area contributed by atoms with Crippen molar-refractivity contribution in [1.82, 2.24) is 14.7 Å². The van der Waals surface area contributed by atoms with Crippen LogP contribution in [0.2, 0.25) is 0 Å². The van der Waals surface area contributed by atoms with Gasteiger partial charge >= 0.3 is 0 Å². The second-order valence-electron chi connectivity index (χ2n) is 6.74. The van der Waals surface area contributed by atoms with Crippen LogP contribution in [0.25, 0.3) is 16.6 Å². The number of ketones is 1. The van der Waals surface area contributed by atoms with Crippen LogP contribution < -0.4 is 0 Å². The van der Waals surface area contributed by atoms with Crippen LogP contribution in [0.3, 0.4) is 0 Å². The van der Waals surface area contributed by atoms with Crippen molar-refractivity contribution in [2.45, 2.75) is 39.7 Å². The summed E-state index contributed by atoms with van der Waals surface area (Å²) in [7, 11) is 4.14. The Morgan fingerprint density at radius 2 is 1.77 bits per heavy atom. The Kier molecular flexibility index (Phi) is 5.52. The molecule has 0 aliphatic heterocycles. The van der Waals surface area contributed by atoms with E-state index >= 15 is 0 Å². The Labute approximate surface area is 155 Å². The van der Waals surface area contributed by atoms with E-state index in [9.17, 15) is 4.79 Å². The van der Waals surface area contributed by atoms with Crippen LogP contribution in [0.15, 0.2) is 42.5 Å². The van der Waals surface area contributed by atoms with Gasteiger partial charge in [0.2, 0.25) is 0 Å². The van der Waals surface area contributed by atoms with Gasteiger partial charge in [0, 0.05) is 23.9 Å². The summed E-state index contributed by atoms with van der Waals surface area (Å²) < 4.78 is 2.02. The molecule has 0 spiro atoms. The Bertz CT molecular complexity index is 907. The van der Waals surface area contributed by atoms with E-state index in [1.54, 1.807) is 0 Å². The lowest BCUT2D eigenvalue weighted by Gasteiger charge is -2.11. The van der Waals surface area contributed by atoms with Gasteiger partial charge in [-0.2, -0.15) is 5.10 Å². The summed E-state index contributed by atoms with van der Waals surface area (Å²) >= 11 is 0. The third kappa shape index (κ3) is 3.42. The Morgan fingerprint density at radius 3 is 2.46 bits per heavy atom. The number of hydrogen-bond acceptors (Lipinski definition) is 3. The summed E-state index contributed by atoms with van der Waals surface area (Å²) in [5.74, 6) is 0.236. The Hall–Kier alpha value is -2.46. The van der Waals surface area contributed by atoms with Gasteiger partial charge in [0.15, 0.2) is 5.78 Å². The molecule has 0 saturated heterocycles. The summed E-state index contributed by atoms with van der Waals surface area (Å²) in [5.41, 5.74) is 5.24. The highest BCUT2D eigenvalue weighted by Crippen LogP contribution is 2.30. The van der Waals surface area contributed by atoms with Crippen molar-refractivity contribution < 1.29 is 4.79 Å². The first-order chi connectivity index (χ1) is 12.6. The third-order valence-corrected chi connectivity index (χ3v) is 4.59. The van der Waals surface area contributed by atoms with E-state index in [0.717, 1.165) is 47.2 Å². The number of aryl methyl sites for hydroxylation is 1. The molecule has 4 nitrogen and oxygen atoms in total. The molecular weight excluding hydrogens is 322 g/mol. The lowest BCUT2D eigenvalue weighted by atomic mass is 10.0. The summed E-state index contributed by atoms with van der Waals surface area (Å²) in [4.78, 5) is 14.5. The van der Waals surface area contributed by atoms with Gasteiger partial charge in [0.05, 0.1) is 16.9 Å². The molecule has 1 aromatic heterocycles. The largest absolute Gasteiger partial charge is 0.305 e. The maximum atomic E-state index is 12.3. The quantitative estimate of drug-likeness (QED) is 0.692. The lowest BCUT2D eigenvalue weighted by Crippen LogP contribution is -2.10. The van der Waals surface area contributed by atoms with Crippen LogP contribution in [0, 0.1) is 0 Å². The van der Waals surface area contributed by atoms with Crippen LogP contribution >= 0.6 is 0 Å². The minimum absolute atomic E-state index is 0.236. The van der Waals surface area contributed by atoms with E-state index in [4.69, 9.17) is 5.10 Å². The van der Waals surface area contributed by atoms with Gasteiger partial charge in [0.25, 0.3) is 0 Å². The summed E-state index contributed by atoms with van der Waals surface area (Å²) in [6.07, 6.45) is 2.39. The second-order valence-corrected chi connectivity index (χ2v) is 6.74. The Balaban J connectivity index is 0.000000948. The molecule has 0 atom stereocenters. The molecule has 26 heavy (non-hydrogen) atoms. The molecule has 1 heterocycles. The molecule has 0 fully saturated rings. The van der Waals surface area contributed by atoms with Gasteiger partial charge < -0.3 is 4.90 Å². The predicted molar refractivity (Wildman–Crippen MR) is 107 cm³/mol. The molecule has 136 valence electrons. The molecule has 0 amide bonds. The molecule has 4 heteroatoms. The molecule has 0 bridgehead atoms. The zero-order valence-electron chi connectivity index (χ0n) is 16.1. The fraction of sp³-hybridized carbons (Fsp3) is 0.364. The summed E-state index contributed by atoms with van der Waals surface area (Å²) in [5, 5.41) is 5.81. The molecular formula is C22H27N3O. The van der Waals surface area contributed by atoms with Crippen LogP contribution in [-0.2, 0) is 13.0 Å². The van der Waals surface area contributed by atoms with E-state index in [-0.39, 0.29) is 5.78 Å². The van der Waals surface area contributed by atoms with Gasteiger partial charge in [0.1, 0.15) is 0 Å². The van der Waals surface area contributed by atoms with Crippen LogP contribution in [0.1, 0.15) is 48.3 Å². The summed E-state index contributed by atoms with van der Waals surface area (Å²) in [6.45, 7) is 4.92. The Morgan fingerprint density at radius 1 is 1.04 bits per heavy atom. The number of rotatable bonds is 3. The number of benzene rings is 2. The molecule has 0 N–H and O–H groups in total. The zero-order valence-corrected chi connectivity index (χ0v) is 16.1. The predicted octanol–water partition coefficient (Wildman–Crippen LogP) is 4.63. The minimum Gasteiger partial charge on any atom is -0.305 e. The number of carbonyl (C=O) groups is 1. The number of carbonyl (C=O) groups excluding carboxylic acids is 1. The first-order valence-corrected chi connectivity index (χ1v) is 9.41. The fourth-order valence-corrected chi connectivity index (χ4v) is 3.54. The van der Waals surface area contributed by atoms with E-state index < -0.39 is 0 Å². The van der Waals surface area contributed by atoms with Gasteiger partial charge in [-0.25, -0.2) is 4.68 Å². The zero-order chi connectivity index (χ0) is 18.7. The van der Waals surface area contributed by atoms with Crippen LogP contribution in [0.4, 0.5) is 0 Å². The SMILES string of the molecule is CC.CN(C)Cc1ccc(-n2nc3cccc4c3c2CCCC4=O)cc1. The standard InChI is InChI=1S/C20H21N3O.C2H6/c1-22(2)13-14-9-11-15(12-10-14)23-18-7-4-8-19(24)16-5-3-6-17(21-23)20(16)18;1-2/h3,5-6,9-12H,4,7-8,13H2,1-2H3;1-2H3. The van der Waals surface area contributed by atoms with Crippen molar-refractivity contribution in [3.63, 3.8) is 0 Å². The number of Topliss-reactive ketones (excluding diaryl/α,β-unsaturated/α-hetero) is 1.